The molecule has 8 rings (SSSR count). The second-order valence-electron chi connectivity index (χ2n) is 14.6. The second-order valence-corrected chi connectivity index (χ2v) is 29.7. The molecule has 0 N–H and O–H groups in total. The van der Waals surface area contributed by atoms with Gasteiger partial charge in [-0.25, -0.2) is 0 Å². The zero-order valence-electron chi connectivity index (χ0n) is 33.2. The van der Waals surface area contributed by atoms with E-state index in [1.165, 1.54) is 53.5 Å². The molecule has 0 saturated carbocycles. The molecule has 0 amide bonds. The molecule has 0 aromatic heterocycles. The highest BCUT2D eigenvalue weighted by atomic mass is 32.3. The fraction of sp³-hybridized carbons (Fsp3) is 0.442. The molecule has 14 heteroatoms. The average molecular weight is 966 g/mol. The van der Waals surface area contributed by atoms with Crippen LogP contribution in [0.2, 0.25) is 0 Å². The fourth-order valence-corrected chi connectivity index (χ4v) is 25.5. The molecule has 3 nitrogen and oxygen atoms in total. The second kappa shape index (κ2) is 19.9. The van der Waals surface area contributed by atoms with E-state index in [0.717, 1.165) is 73.6 Å². The molecule has 5 heterocycles. The first-order valence-electron chi connectivity index (χ1n) is 20.0. The summed E-state index contributed by atoms with van der Waals surface area (Å²) in [6.45, 7) is 14.3. The lowest BCUT2D eigenvalue weighted by atomic mass is 9.82. The van der Waals surface area contributed by atoms with Gasteiger partial charge in [0, 0.05) is 5.57 Å². The molecule has 5 aliphatic heterocycles. The number of benzene rings is 2. The van der Waals surface area contributed by atoms with E-state index in [0.29, 0.717) is 25.0 Å². The Kier molecular flexibility index (Phi) is 15.4. The predicted octanol–water partition coefficient (Wildman–Crippen LogP) is 18.6. The zero-order chi connectivity index (χ0) is 39.7. The first kappa shape index (κ1) is 44.1. The van der Waals surface area contributed by atoms with E-state index in [-0.39, 0.29) is 0 Å². The zero-order valence-corrected chi connectivity index (χ0v) is 42.2. The number of hydrogen-bond acceptors (Lipinski definition) is 13. The van der Waals surface area contributed by atoms with Crippen LogP contribution in [0.25, 0.3) is 5.57 Å². The Labute approximate surface area is 383 Å². The van der Waals surface area contributed by atoms with Crippen LogP contribution < -0.4 is 0 Å². The van der Waals surface area contributed by atoms with Crippen LogP contribution in [0.3, 0.4) is 0 Å². The minimum Gasteiger partial charge on any atom is -0.308 e. The molecule has 0 fully saturated rings. The van der Waals surface area contributed by atoms with Crippen LogP contribution >= 0.6 is 125 Å². The minimum atomic E-state index is -3.66. The van der Waals surface area contributed by atoms with E-state index in [9.17, 15) is 0 Å². The number of unbranched alkanes of at least 4 members (excludes halogenated alkanes) is 2. The number of fused-ring (bicyclic) bond motifs is 2. The van der Waals surface area contributed by atoms with Gasteiger partial charge in [-0.1, -0.05) is 232 Å². The van der Waals surface area contributed by atoms with E-state index in [1.54, 1.807) is 0 Å². The summed E-state index contributed by atoms with van der Waals surface area (Å²) in [5, 5.41) is 0. The van der Waals surface area contributed by atoms with Crippen molar-refractivity contribution in [1.29, 1.82) is 0 Å². The lowest BCUT2D eigenvalue weighted by molar-refractivity contribution is 0.147. The van der Waals surface area contributed by atoms with Crippen molar-refractivity contribution in [3.8, 4) is 0 Å². The summed E-state index contributed by atoms with van der Waals surface area (Å²) in [6.07, 6.45) is 8.78. The van der Waals surface area contributed by atoms with Crippen molar-refractivity contribution in [3.63, 3.8) is 0 Å². The van der Waals surface area contributed by atoms with Gasteiger partial charge in [0.2, 0.25) is 0 Å². The summed E-state index contributed by atoms with van der Waals surface area (Å²) in [4.78, 5) is 2.87. The molecule has 57 heavy (non-hydrogen) atoms. The van der Waals surface area contributed by atoms with E-state index >= 15 is 4.57 Å². The third kappa shape index (κ3) is 9.57. The van der Waals surface area contributed by atoms with Crippen molar-refractivity contribution in [2.24, 2.45) is 11.8 Å². The van der Waals surface area contributed by atoms with E-state index in [2.05, 4.69) is 90.1 Å². The summed E-state index contributed by atoms with van der Waals surface area (Å²) in [7, 11) is -3.66. The Balaban J connectivity index is 1.05. The van der Waals surface area contributed by atoms with Crippen LogP contribution in [0.5, 0.6) is 0 Å². The Morgan fingerprint density at radius 1 is 0.526 bits per heavy atom. The monoisotopic (exact) mass is 964 g/mol. The van der Waals surface area contributed by atoms with E-state index < -0.39 is 13.3 Å². The summed E-state index contributed by atoms with van der Waals surface area (Å²) >= 11 is 19.4. The van der Waals surface area contributed by atoms with Crippen molar-refractivity contribution < 1.29 is 13.6 Å². The molecule has 304 valence electrons. The first-order chi connectivity index (χ1) is 27.7. The Bertz CT molecular complexity index is 2020. The highest BCUT2D eigenvalue weighted by Gasteiger charge is 2.46. The van der Waals surface area contributed by atoms with Crippen molar-refractivity contribution >= 4 is 131 Å². The normalized spacial score (nSPS) is 22.5. The summed E-state index contributed by atoms with van der Waals surface area (Å²) in [5.41, 5.74) is 5.17. The molecule has 0 spiro atoms. The third-order valence-electron chi connectivity index (χ3n) is 10.8. The van der Waals surface area contributed by atoms with Gasteiger partial charge in [-0.05, 0) is 70.6 Å². The molecular weight excluding hydrogens is 916 g/mol. The highest BCUT2D eigenvalue weighted by molar-refractivity contribution is 8.52. The average Bonchev–Trinajstić information content (AvgIpc) is 4.04. The molecule has 2 atom stereocenters. The van der Waals surface area contributed by atoms with E-state index in [1.807, 2.05) is 118 Å². The van der Waals surface area contributed by atoms with Gasteiger partial charge in [-0.3, -0.25) is 4.57 Å². The third-order valence-corrected chi connectivity index (χ3v) is 27.9. The largest absolute Gasteiger partial charge is 0.342 e. The molecule has 1 aliphatic carbocycles. The number of rotatable bonds is 15. The van der Waals surface area contributed by atoms with Crippen LogP contribution in [0, 0.1) is 11.8 Å². The maximum absolute atomic E-state index is 15.7. The molecule has 0 saturated heterocycles. The lowest BCUT2D eigenvalue weighted by Gasteiger charge is -2.36. The Morgan fingerprint density at radius 2 is 0.877 bits per heavy atom. The highest BCUT2D eigenvalue weighted by Crippen LogP contribution is 2.75. The van der Waals surface area contributed by atoms with Crippen LogP contribution in [0.1, 0.15) is 121 Å². The molecule has 2 unspecified atom stereocenters. The minimum absolute atomic E-state index is 0.358. The van der Waals surface area contributed by atoms with Crippen LogP contribution in [0.4, 0.5) is 0 Å². The smallest absolute Gasteiger partial charge is 0.308 e. The SMILES string of the molecule is CCCCC(CC)COP(=O)(OCC(CC)CCCC)C1c2ccccc2C(=C2SC3=C(SC(=C4SC5=C(SC(=C6SC(C)=C(C)S6)S5)S4)S3)S2)c2ccccc21. The maximum atomic E-state index is 15.7. The van der Waals surface area contributed by atoms with Crippen molar-refractivity contribution in [1.82, 2.24) is 0 Å². The van der Waals surface area contributed by atoms with Gasteiger partial charge in [0.05, 0.1) is 51.3 Å². The van der Waals surface area contributed by atoms with Crippen LogP contribution in [0.15, 0.2) is 96.5 Å². The topological polar surface area (TPSA) is 35.5 Å². The van der Waals surface area contributed by atoms with Gasteiger partial charge in [0.1, 0.15) is 5.66 Å². The van der Waals surface area contributed by atoms with E-state index in [4.69, 9.17) is 9.05 Å². The lowest BCUT2D eigenvalue weighted by Crippen LogP contribution is -2.20. The van der Waals surface area contributed by atoms with Crippen LogP contribution in [-0.2, 0) is 13.6 Å². The molecule has 2 aromatic carbocycles. The van der Waals surface area contributed by atoms with Gasteiger partial charge < -0.3 is 9.05 Å². The first-order valence-corrected chi connectivity index (χ1v) is 29.8. The Hall–Kier alpha value is 0.530. The van der Waals surface area contributed by atoms with Crippen molar-refractivity contribution in [2.75, 3.05) is 13.2 Å². The van der Waals surface area contributed by atoms with Gasteiger partial charge >= 0.3 is 7.60 Å². The maximum Gasteiger partial charge on any atom is 0.342 e. The molecule has 6 aliphatic rings. The molecule has 0 radical (unpaired) electrons. The van der Waals surface area contributed by atoms with Gasteiger partial charge in [-0.2, -0.15) is 0 Å². The van der Waals surface area contributed by atoms with Gasteiger partial charge in [0.15, 0.2) is 0 Å². The fourth-order valence-electron chi connectivity index (χ4n) is 7.25. The standard InChI is InChI=1S/C43H49O3PS10/c1-7-11-17-27(9-3)23-45-47(44,46-24-28(10-4)18-12-8-2)34-31-21-15-13-19-29(31)33(30-20-14-16-22-32(30)34)35-50-38-39(51-35)55-42(54-38)43-56-40-41(57-43)53-37(52-40)36-48-25(5)26(6)49-36/h13-16,19-22,27-28,34H,7-12,17-18,23-24H2,1-6H3. The Morgan fingerprint density at radius 3 is 1.25 bits per heavy atom. The van der Waals surface area contributed by atoms with Gasteiger partial charge in [0.25, 0.3) is 0 Å². The number of hydrogen-bond donors (Lipinski definition) is 0. The summed E-state index contributed by atoms with van der Waals surface area (Å²) in [5.74, 6) is 0.716. The summed E-state index contributed by atoms with van der Waals surface area (Å²) < 4.78 is 41.9. The molecule has 0 bridgehead atoms. The molecular formula is C43H49O3PS10. The van der Waals surface area contributed by atoms with Crippen molar-refractivity contribution in [3.05, 3.63) is 119 Å². The number of allylic oxidation sites excluding steroid dienone is 2. The molecule has 2 aromatic rings. The van der Waals surface area contributed by atoms with Gasteiger partial charge in [-0.15, -0.1) is 0 Å². The quantitative estimate of drug-likeness (QED) is 0.159. The predicted molar refractivity (Wildman–Crippen MR) is 269 cm³/mol. The number of thioether (sulfide) groups is 10. The van der Waals surface area contributed by atoms with Crippen molar-refractivity contribution in [2.45, 2.75) is 98.6 Å². The summed E-state index contributed by atoms with van der Waals surface area (Å²) in [6, 6.07) is 17.3. The van der Waals surface area contributed by atoms with Crippen LogP contribution in [-0.4, -0.2) is 13.2 Å².